The highest BCUT2D eigenvalue weighted by molar-refractivity contribution is 5.84. The van der Waals surface area contributed by atoms with Crippen LogP contribution in [0.5, 0.6) is 0 Å². The third-order valence-electron chi connectivity index (χ3n) is 5.08. The highest BCUT2D eigenvalue weighted by Crippen LogP contribution is 2.33. The molecular formula is C15H28N2O. The zero-order valence-electron chi connectivity index (χ0n) is 11.7. The summed E-state index contributed by atoms with van der Waals surface area (Å²) in [5.74, 6) is 0.669. The van der Waals surface area contributed by atoms with Crippen molar-refractivity contribution in [2.24, 2.45) is 11.7 Å². The predicted octanol–water partition coefficient (Wildman–Crippen LogP) is 2.73. The summed E-state index contributed by atoms with van der Waals surface area (Å²) in [7, 11) is 0. The van der Waals surface area contributed by atoms with Crippen LogP contribution in [0.25, 0.3) is 0 Å². The summed E-state index contributed by atoms with van der Waals surface area (Å²) in [5.41, 5.74) is 5.33. The molecule has 104 valence electrons. The van der Waals surface area contributed by atoms with E-state index in [-0.39, 0.29) is 5.91 Å². The van der Waals surface area contributed by atoms with Crippen LogP contribution in [-0.4, -0.2) is 17.5 Å². The maximum absolute atomic E-state index is 12.0. The van der Waals surface area contributed by atoms with E-state index in [9.17, 15) is 4.79 Å². The highest BCUT2D eigenvalue weighted by atomic mass is 16.1. The van der Waals surface area contributed by atoms with Gasteiger partial charge in [0.25, 0.3) is 0 Å². The third kappa shape index (κ3) is 3.05. The quantitative estimate of drug-likeness (QED) is 0.756. The molecule has 2 fully saturated rings. The van der Waals surface area contributed by atoms with Crippen LogP contribution < -0.4 is 11.1 Å². The van der Waals surface area contributed by atoms with Gasteiger partial charge in [-0.1, -0.05) is 39.0 Å². The van der Waals surface area contributed by atoms with Crippen molar-refractivity contribution in [3.05, 3.63) is 0 Å². The average Bonchev–Trinajstić information content (AvgIpc) is 2.75. The molecule has 0 saturated heterocycles. The van der Waals surface area contributed by atoms with Crippen LogP contribution in [0, 0.1) is 5.92 Å². The number of amides is 1. The van der Waals surface area contributed by atoms with Crippen molar-refractivity contribution < 1.29 is 4.79 Å². The van der Waals surface area contributed by atoms with Crippen LogP contribution in [0.1, 0.15) is 71.1 Å². The highest BCUT2D eigenvalue weighted by Gasteiger charge is 2.40. The average molecular weight is 252 g/mol. The third-order valence-corrected chi connectivity index (χ3v) is 5.08. The van der Waals surface area contributed by atoms with Gasteiger partial charge in [-0.25, -0.2) is 0 Å². The molecule has 2 atom stereocenters. The van der Waals surface area contributed by atoms with E-state index >= 15 is 0 Å². The van der Waals surface area contributed by atoms with Crippen molar-refractivity contribution in [1.29, 1.82) is 0 Å². The lowest BCUT2D eigenvalue weighted by Crippen LogP contribution is -2.58. The van der Waals surface area contributed by atoms with Crippen LogP contribution in [0.4, 0.5) is 0 Å². The van der Waals surface area contributed by atoms with E-state index in [4.69, 9.17) is 5.73 Å². The normalized spacial score (nSPS) is 34.4. The Balaban J connectivity index is 2.03. The van der Waals surface area contributed by atoms with E-state index in [2.05, 4.69) is 12.2 Å². The van der Waals surface area contributed by atoms with Gasteiger partial charge in [0.15, 0.2) is 0 Å². The zero-order chi connectivity index (χ0) is 13.0. The summed E-state index contributed by atoms with van der Waals surface area (Å²) in [6, 6.07) is 0.524. The molecule has 3 N–H and O–H groups in total. The Morgan fingerprint density at radius 1 is 1.17 bits per heavy atom. The Hall–Kier alpha value is -0.570. The summed E-state index contributed by atoms with van der Waals surface area (Å²) in [6.07, 6.45) is 11.7. The van der Waals surface area contributed by atoms with E-state index in [1.807, 2.05) is 0 Å². The molecule has 0 aromatic rings. The van der Waals surface area contributed by atoms with Gasteiger partial charge in [-0.2, -0.15) is 0 Å². The fraction of sp³-hybridized carbons (Fsp3) is 0.933. The molecule has 0 aliphatic heterocycles. The number of hydrogen-bond acceptors (Lipinski definition) is 2. The summed E-state index contributed by atoms with van der Waals surface area (Å²) in [5, 5.41) is 3.64. The SMILES string of the molecule is CCC1CCCC(NC2CCCC2)(C(N)=O)CC1. The van der Waals surface area contributed by atoms with Crippen molar-refractivity contribution in [1.82, 2.24) is 5.32 Å². The van der Waals surface area contributed by atoms with Gasteiger partial charge in [-0.05, 0) is 38.0 Å². The number of nitrogens with one attached hydrogen (secondary N) is 1. The molecule has 0 heterocycles. The molecule has 0 bridgehead atoms. The second-order valence-corrected chi connectivity index (χ2v) is 6.28. The maximum atomic E-state index is 12.0. The summed E-state index contributed by atoms with van der Waals surface area (Å²) in [4.78, 5) is 12.0. The largest absolute Gasteiger partial charge is 0.368 e. The van der Waals surface area contributed by atoms with Gasteiger partial charge in [0.1, 0.15) is 0 Å². The van der Waals surface area contributed by atoms with Crippen LogP contribution in [0.15, 0.2) is 0 Å². The molecule has 0 spiro atoms. The van der Waals surface area contributed by atoms with Crippen LogP contribution in [-0.2, 0) is 4.79 Å². The molecule has 1 amide bonds. The predicted molar refractivity (Wildman–Crippen MR) is 74.2 cm³/mol. The van der Waals surface area contributed by atoms with Gasteiger partial charge in [0.05, 0.1) is 5.54 Å². The fourth-order valence-corrected chi connectivity index (χ4v) is 3.74. The van der Waals surface area contributed by atoms with Gasteiger partial charge < -0.3 is 11.1 Å². The minimum Gasteiger partial charge on any atom is -0.368 e. The monoisotopic (exact) mass is 252 g/mol. The number of rotatable bonds is 4. The van der Waals surface area contributed by atoms with Crippen LogP contribution in [0.3, 0.4) is 0 Å². The number of hydrogen-bond donors (Lipinski definition) is 2. The number of carbonyl (C=O) groups excluding carboxylic acids is 1. The molecule has 2 aliphatic carbocycles. The first kappa shape index (κ1) is 13.9. The second-order valence-electron chi connectivity index (χ2n) is 6.28. The number of carbonyl (C=O) groups is 1. The Kier molecular flexibility index (Phi) is 4.66. The van der Waals surface area contributed by atoms with Crippen molar-refractivity contribution in [3.63, 3.8) is 0 Å². The summed E-state index contributed by atoms with van der Waals surface area (Å²) < 4.78 is 0. The number of primary amides is 1. The lowest BCUT2D eigenvalue weighted by molar-refractivity contribution is -0.125. The van der Waals surface area contributed by atoms with Gasteiger partial charge >= 0.3 is 0 Å². The van der Waals surface area contributed by atoms with E-state index in [1.165, 1.54) is 38.5 Å². The smallest absolute Gasteiger partial charge is 0.237 e. The molecule has 2 aliphatic rings. The summed E-state index contributed by atoms with van der Waals surface area (Å²) in [6.45, 7) is 2.26. The van der Waals surface area contributed by atoms with E-state index in [0.29, 0.717) is 6.04 Å². The Morgan fingerprint density at radius 3 is 2.50 bits per heavy atom. The first-order valence-electron chi connectivity index (χ1n) is 7.74. The fourth-order valence-electron chi connectivity index (χ4n) is 3.74. The maximum Gasteiger partial charge on any atom is 0.237 e. The van der Waals surface area contributed by atoms with E-state index in [1.54, 1.807) is 0 Å². The molecular weight excluding hydrogens is 224 g/mol. The first-order chi connectivity index (χ1) is 8.66. The molecule has 0 radical (unpaired) electrons. The van der Waals surface area contributed by atoms with Gasteiger partial charge in [-0.3, -0.25) is 4.79 Å². The molecule has 2 unspecified atom stereocenters. The minimum absolute atomic E-state index is 0.119. The first-order valence-corrected chi connectivity index (χ1v) is 7.74. The summed E-state index contributed by atoms with van der Waals surface area (Å²) >= 11 is 0. The lowest BCUT2D eigenvalue weighted by atomic mass is 9.87. The lowest BCUT2D eigenvalue weighted by Gasteiger charge is -2.34. The molecule has 0 aromatic carbocycles. The van der Waals surface area contributed by atoms with Crippen molar-refractivity contribution in [3.8, 4) is 0 Å². The van der Waals surface area contributed by atoms with Gasteiger partial charge in [0.2, 0.25) is 5.91 Å². The zero-order valence-corrected chi connectivity index (χ0v) is 11.7. The Morgan fingerprint density at radius 2 is 1.89 bits per heavy atom. The van der Waals surface area contributed by atoms with Crippen LogP contribution in [0.2, 0.25) is 0 Å². The van der Waals surface area contributed by atoms with Crippen molar-refractivity contribution >= 4 is 5.91 Å². The molecule has 0 aromatic heterocycles. The van der Waals surface area contributed by atoms with E-state index in [0.717, 1.165) is 31.6 Å². The second kappa shape index (κ2) is 6.05. The van der Waals surface area contributed by atoms with Gasteiger partial charge in [0, 0.05) is 6.04 Å². The minimum atomic E-state index is -0.404. The van der Waals surface area contributed by atoms with Gasteiger partial charge in [-0.15, -0.1) is 0 Å². The molecule has 2 rings (SSSR count). The van der Waals surface area contributed by atoms with Crippen molar-refractivity contribution in [2.75, 3.05) is 0 Å². The van der Waals surface area contributed by atoms with E-state index < -0.39 is 5.54 Å². The van der Waals surface area contributed by atoms with Crippen molar-refractivity contribution in [2.45, 2.75) is 82.7 Å². The standard InChI is InChI=1S/C15H28N2O/c1-2-12-6-5-10-15(11-9-12,14(16)18)17-13-7-3-4-8-13/h12-13,17H,2-11H2,1H3,(H2,16,18). The number of nitrogens with two attached hydrogens (primary N) is 1. The molecule has 2 saturated carbocycles. The Labute approximate surface area is 111 Å². The molecule has 18 heavy (non-hydrogen) atoms. The molecule has 3 heteroatoms. The molecule has 3 nitrogen and oxygen atoms in total. The topological polar surface area (TPSA) is 55.1 Å². The Bertz CT molecular complexity index is 286. The van der Waals surface area contributed by atoms with Crippen LogP contribution >= 0.6 is 0 Å².